The Hall–Kier alpha value is -2.62. The lowest BCUT2D eigenvalue weighted by molar-refractivity contribution is 0.602. The van der Waals surface area contributed by atoms with Crippen LogP contribution in [0.3, 0.4) is 0 Å². The first kappa shape index (κ1) is 9.41. The highest BCUT2D eigenvalue weighted by Crippen LogP contribution is 2.29. The maximum atomic E-state index is 5.74. The highest BCUT2D eigenvalue weighted by molar-refractivity contribution is 5.89. The number of rotatable bonds is 1. The lowest BCUT2D eigenvalue weighted by Crippen LogP contribution is -1.79. The molecule has 0 aliphatic rings. The zero-order valence-corrected chi connectivity index (χ0v) is 9.33. The van der Waals surface area contributed by atoms with Crippen LogP contribution in [0.2, 0.25) is 0 Å². The van der Waals surface area contributed by atoms with Crippen LogP contribution in [0.25, 0.3) is 33.7 Å². The molecule has 0 N–H and O–H groups in total. The number of nitrogens with zero attached hydrogens (tertiary/aromatic N) is 2. The van der Waals surface area contributed by atoms with Gasteiger partial charge >= 0.3 is 0 Å². The molecule has 0 saturated carbocycles. The molecule has 0 unspecified atom stereocenters. The zero-order valence-electron chi connectivity index (χ0n) is 9.33. The average Bonchev–Trinajstić information content (AvgIpc) is 3.04. The molecule has 4 nitrogen and oxygen atoms in total. The molecule has 0 saturated heterocycles. The SMILES string of the molecule is c1ccc2oc(-c3cccc4ocnc34)nc2c1. The Bertz CT molecular complexity index is 812. The molecule has 18 heavy (non-hydrogen) atoms. The van der Waals surface area contributed by atoms with Gasteiger partial charge in [0.1, 0.15) is 11.0 Å². The van der Waals surface area contributed by atoms with Crippen molar-refractivity contribution in [2.45, 2.75) is 0 Å². The number of benzene rings is 2. The van der Waals surface area contributed by atoms with Gasteiger partial charge in [0.2, 0.25) is 5.89 Å². The van der Waals surface area contributed by atoms with E-state index in [0.717, 1.165) is 27.8 Å². The molecule has 0 spiro atoms. The van der Waals surface area contributed by atoms with Gasteiger partial charge in [-0.25, -0.2) is 9.97 Å². The number of fused-ring (bicyclic) bond motifs is 2. The van der Waals surface area contributed by atoms with Crippen molar-refractivity contribution in [1.29, 1.82) is 0 Å². The first-order valence-corrected chi connectivity index (χ1v) is 5.60. The van der Waals surface area contributed by atoms with Crippen LogP contribution in [-0.4, -0.2) is 9.97 Å². The highest BCUT2D eigenvalue weighted by Gasteiger charge is 2.12. The zero-order chi connectivity index (χ0) is 11.9. The first-order chi connectivity index (χ1) is 8.92. The predicted octanol–water partition coefficient (Wildman–Crippen LogP) is 3.64. The van der Waals surface area contributed by atoms with Crippen LogP contribution in [0.5, 0.6) is 0 Å². The van der Waals surface area contributed by atoms with Gasteiger partial charge < -0.3 is 8.83 Å². The van der Waals surface area contributed by atoms with Crippen LogP contribution in [0.1, 0.15) is 0 Å². The fraction of sp³-hybridized carbons (Fsp3) is 0. The molecule has 0 atom stereocenters. The van der Waals surface area contributed by atoms with Crippen LogP contribution in [-0.2, 0) is 0 Å². The fourth-order valence-electron chi connectivity index (χ4n) is 2.05. The quantitative estimate of drug-likeness (QED) is 0.506. The average molecular weight is 236 g/mol. The number of aromatic nitrogens is 2. The van der Waals surface area contributed by atoms with Crippen molar-refractivity contribution in [2.75, 3.05) is 0 Å². The molecular weight excluding hydrogens is 228 g/mol. The standard InChI is InChI=1S/C14H8N2O2/c1-2-6-11-10(5-1)16-14(18-11)9-4-3-7-12-13(9)15-8-17-12/h1-8H. The minimum atomic E-state index is 0.565. The summed E-state index contributed by atoms with van der Waals surface area (Å²) in [7, 11) is 0. The largest absolute Gasteiger partial charge is 0.443 e. The van der Waals surface area contributed by atoms with E-state index in [0.29, 0.717) is 5.89 Å². The van der Waals surface area contributed by atoms with Gasteiger partial charge in [0.15, 0.2) is 17.6 Å². The second-order valence-corrected chi connectivity index (χ2v) is 3.99. The molecule has 0 aliphatic carbocycles. The molecule has 86 valence electrons. The van der Waals surface area contributed by atoms with Crippen LogP contribution in [0.15, 0.2) is 57.7 Å². The summed E-state index contributed by atoms with van der Waals surface area (Å²) in [6.45, 7) is 0. The van der Waals surface area contributed by atoms with Gasteiger partial charge in [0.05, 0.1) is 5.56 Å². The molecule has 0 bridgehead atoms. The maximum Gasteiger partial charge on any atom is 0.229 e. The first-order valence-electron chi connectivity index (χ1n) is 5.60. The van der Waals surface area contributed by atoms with E-state index < -0.39 is 0 Å². The summed E-state index contributed by atoms with van der Waals surface area (Å²) in [5.41, 5.74) is 3.96. The van der Waals surface area contributed by atoms with Gasteiger partial charge in [0, 0.05) is 0 Å². The van der Waals surface area contributed by atoms with Gasteiger partial charge in [-0.3, -0.25) is 0 Å². The molecule has 0 aliphatic heterocycles. The molecule has 2 heterocycles. The molecule has 2 aromatic carbocycles. The monoisotopic (exact) mass is 236 g/mol. The second kappa shape index (κ2) is 3.43. The van der Waals surface area contributed by atoms with E-state index in [1.165, 1.54) is 6.39 Å². The Labute approximate surface area is 102 Å². The third-order valence-corrected chi connectivity index (χ3v) is 2.88. The Kier molecular flexibility index (Phi) is 1.80. The van der Waals surface area contributed by atoms with Crippen molar-refractivity contribution in [3.05, 3.63) is 48.9 Å². The molecule has 4 rings (SSSR count). The van der Waals surface area contributed by atoms with Gasteiger partial charge in [0.25, 0.3) is 0 Å². The highest BCUT2D eigenvalue weighted by atomic mass is 16.3. The normalized spacial score (nSPS) is 11.3. The third kappa shape index (κ3) is 1.26. The number of hydrogen-bond acceptors (Lipinski definition) is 4. The summed E-state index contributed by atoms with van der Waals surface area (Å²) in [5.74, 6) is 0.565. The Morgan fingerprint density at radius 3 is 2.72 bits per heavy atom. The summed E-state index contributed by atoms with van der Waals surface area (Å²) in [5, 5.41) is 0. The van der Waals surface area contributed by atoms with Crippen molar-refractivity contribution in [3.63, 3.8) is 0 Å². The summed E-state index contributed by atoms with van der Waals surface area (Å²) >= 11 is 0. The third-order valence-electron chi connectivity index (χ3n) is 2.88. The molecule has 0 fully saturated rings. The van der Waals surface area contributed by atoms with Crippen molar-refractivity contribution in [1.82, 2.24) is 9.97 Å². The van der Waals surface area contributed by atoms with E-state index in [1.807, 2.05) is 42.5 Å². The van der Waals surface area contributed by atoms with E-state index in [9.17, 15) is 0 Å². The minimum Gasteiger partial charge on any atom is -0.443 e. The molecule has 2 aromatic heterocycles. The second-order valence-electron chi connectivity index (χ2n) is 3.99. The van der Waals surface area contributed by atoms with Crippen LogP contribution >= 0.6 is 0 Å². The van der Waals surface area contributed by atoms with Gasteiger partial charge in [-0.05, 0) is 24.3 Å². The van der Waals surface area contributed by atoms with Crippen LogP contribution in [0, 0.1) is 0 Å². The van der Waals surface area contributed by atoms with E-state index >= 15 is 0 Å². The van der Waals surface area contributed by atoms with Gasteiger partial charge in [-0.15, -0.1) is 0 Å². The molecule has 4 heteroatoms. The lowest BCUT2D eigenvalue weighted by atomic mass is 10.2. The molecule has 4 aromatic rings. The van der Waals surface area contributed by atoms with Crippen LogP contribution < -0.4 is 0 Å². The number of hydrogen-bond donors (Lipinski definition) is 0. The van der Waals surface area contributed by atoms with E-state index in [1.54, 1.807) is 0 Å². The van der Waals surface area contributed by atoms with E-state index in [4.69, 9.17) is 8.83 Å². The van der Waals surface area contributed by atoms with Crippen molar-refractivity contribution >= 4 is 22.2 Å². The van der Waals surface area contributed by atoms with Crippen LogP contribution in [0.4, 0.5) is 0 Å². The molecule has 0 amide bonds. The van der Waals surface area contributed by atoms with Crippen molar-refractivity contribution < 1.29 is 8.83 Å². The van der Waals surface area contributed by atoms with E-state index in [2.05, 4.69) is 9.97 Å². The summed E-state index contributed by atoms with van der Waals surface area (Å²) < 4.78 is 11.0. The van der Waals surface area contributed by atoms with E-state index in [-0.39, 0.29) is 0 Å². The van der Waals surface area contributed by atoms with Gasteiger partial charge in [-0.2, -0.15) is 0 Å². The van der Waals surface area contributed by atoms with Gasteiger partial charge in [-0.1, -0.05) is 18.2 Å². The summed E-state index contributed by atoms with van der Waals surface area (Å²) in [6, 6.07) is 13.4. The molecule has 0 radical (unpaired) electrons. The Balaban J connectivity index is 2.04. The summed E-state index contributed by atoms with van der Waals surface area (Å²) in [6.07, 6.45) is 1.43. The fourth-order valence-corrected chi connectivity index (χ4v) is 2.05. The minimum absolute atomic E-state index is 0.565. The Morgan fingerprint density at radius 2 is 1.78 bits per heavy atom. The topological polar surface area (TPSA) is 52.1 Å². The smallest absolute Gasteiger partial charge is 0.229 e. The predicted molar refractivity (Wildman–Crippen MR) is 67.0 cm³/mol. The van der Waals surface area contributed by atoms with Crippen molar-refractivity contribution in [3.8, 4) is 11.5 Å². The lowest BCUT2D eigenvalue weighted by Gasteiger charge is -1.94. The Morgan fingerprint density at radius 1 is 0.889 bits per heavy atom. The number of oxazole rings is 2. The number of para-hydroxylation sites is 3. The molecular formula is C14H8N2O2. The maximum absolute atomic E-state index is 5.74. The van der Waals surface area contributed by atoms with Crippen molar-refractivity contribution in [2.24, 2.45) is 0 Å². The summed E-state index contributed by atoms with van der Waals surface area (Å²) in [4.78, 5) is 8.66.